The molecule has 29 heavy (non-hydrogen) atoms. The number of carbonyl (C=O) groups is 1. The van der Waals surface area contributed by atoms with Crippen LogP contribution in [-0.2, 0) is 16.6 Å². The van der Waals surface area contributed by atoms with Crippen molar-refractivity contribution >= 4 is 27.7 Å². The van der Waals surface area contributed by atoms with Crippen LogP contribution in [0.2, 0.25) is 5.02 Å². The quantitative estimate of drug-likeness (QED) is 0.717. The summed E-state index contributed by atoms with van der Waals surface area (Å²) in [5.74, 6) is 0. The van der Waals surface area contributed by atoms with Gasteiger partial charge in [0.25, 0.3) is 0 Å². The molecule has 8 heteroatoms. The number of nitrogens with zero attached hydrogens (tertiary/aromatic N) is 1. The summed E-state index contributed by atoms with van der Waals surface area (Å²) in [4.78, 5) is 12.4. The Morgan fingerprint density at radius 1 is 1.03 bits per heavy atom. The lowest BCUT2D eigenvalue weighted by molar-refractivity contribution is 0.237. The van der Waals surface area contributed by atoms with E-state index in [0.29, 0.717) is 29.6 Å². The topological polar surface area (TPSA) is 78.5 Å². The normalized spacial score (nSPS) is 16.2. The van der Waals surface area contributed by atoms with Crippen LogP contribution in [-0.4, -0.2) is 31.8 Å². The molecule has 2 N–H and O–H groups in total. The summed E-state index contributed by atoms with van der Waals surface area (Å²) in [7, 11) is -3.44. The maximum absolute atomic E-state index is 12.7. The van der Waals surface area contributed by atoms with Crippen molar-refractivity contribution in [1.29, 1.82) is 0 Å². The van der Waals surface area contributed by atoms with Crippen LogP contribution in [0.5, 0.6) is 0 Å². The van der Waals surface area contributed by atoms with Crippen molar-refractivity contribution in [3.63, 3.8) is 0 Å². The molecule has 1 unspecified atom stereocenters. The molecule has 0 aliphatic carbocycles. The van der Waals surface area contributed by atoms with Gasteiger partial charge >= 0.3 is 6.03 Å². The Hall–Kier alpha value is -2.09. The number of hydrogen-bond donors (Lipinski definition) is 2. The van der Waals surface area contributed by atoms with Gasteiger partial charge in [0.1, 0.15) is 0 Å². The molecule has 1 atom stereocenters. The van der Waals surface area contributed by atoms with E-state index in [1.54, 1.807) is 40.7 Å². The van der Waals surface area contributed by atoms with Gasteiger partial charge in [-0.2, -0.15) is 4.31 Å². The van der Waals surface area contributed by atoms with Gasteiger partial charge in [0.05, 0.1) is 10.9 Å². The highest BCUT2D eigenvalue weighted by Gasteiger charge is 2.25. The maximum Gasteiger partial charge on any atom is 0.315 e. The van der Waals surface area contributed by atoms with Gasteiger partial charge in [0.15, 0.2) is 0 Å². The number of rotatable bonds is 6. The number of urea groups is 1. The van der Waals surface area contributed by atoms with Crippen molar-refractivity contribution in [1.82, 2.24) is 14.9 Å². The second kappa shape index (κ2) is 9.61. The second-order valence-electron chi connectivity index (χ2n) is 7.21. The molecule has 6 nitrogen and oxygen atoms in total. The predicted molar refractivity (Wildman–Crippen MR) is 114 cm³/mol. The number of nitrogens with one attached hydrogen (secondary N) is 2. The minimum absolute atomic E-state index is 0.163. The standard InChI is InChI=1S/C21H26ClN3O3S/c1-16(18-7-9-19(22)10-8-18)24-21(26)23-15-17-5-11-20(12-6-17)29(27,28)25-13-3-2-4-14-25/h5-12,16H,2-4,13-15H2,1H3,(H2,23,24,26). The smallest absolute Gasteiger partial charge is 0.315 e. The molecular formula is C21H26ClN3O3S. The highest BCUT2D eigenvalue weighted by molar-refractivity contribution is 7.89. The van der Waals surface area contributed by atoms with Gasteiger partial charge < -0.3 is 10.6 Å². The third-order valence-corrected chi connectivity index (χ3v) is 7.21. The first-order valence-electron chi connectivity index (χ1n) is 9.75. The van der Waals surface area contributed by atoms with Crippen LogP contribution in [0.25, 0.3) is 0 Å². The van der Waals surface area contributed by atoms with Crippen molar-refractivity contribution in [3.8, 4) is 0 Å². The minimum atomic E-state index is -3.44. The summed E-state index contributed by atoms with van der Waals surface area (Å²) in [6.07, 6.45) is 2.89. The molecule has 2 aromatic rings. The van der Waals surface area contributed by atoms with Crippen LogP contribution in [0.4, 0.5) is 4.79 Å². The van der Waals surface area contributed by atoms with E-state index >= 15 is 0 Å². The fourth-order valence-electron chi connectivity index (χ4n) is 3.30. The van der Waals surface area contributed by atoms with E-state index in [1.807, 2.05) is 19.1 Å². The molecule has 1 aliphatic heterocycles. The lowest BCUT2D eigenvalue weighted by Gasteiger charge is -2.25. The summed E-state index contributed by atoms with van der Waals surface area (Å²) in [5.41, 5.74) is 1.79. The highest BCUT2D eigenvalue weighted by Crippen LogP contribution is 2.21. The summed E-state index contributed by atoms with van der Waals surface area (Å²) < 4.78 is 26.9. The van der Waals surface area contributed by atoms with Gasteiger partial charge in [-0.15, -0.1) is 0 Å². The number of piperidine rings is 1. The Kier molecular flexibility index (Phi) is 7.16. The first-order valence-corrected chi connectivity index (χ1v) is 11.6. The Morgan fingerprint density at radius 3 is 2.28 bits per heavy atom. The Morgan fingerprint density at radius 2 is 1.66 bits per heavy atom. The Labute approximate surface area is 177 Å². The van der Waals surface area contributed by atoms with E-state index in [-0.39, 0.29) is 12.1 Å². The van der Waals surface area contributed by atoms with Gasteiger partial charge in [0, 0.05) is 24.7 Å². The predicted octanol–water partition coefficient (Wildman–Crippen LogP) is 4.08. The Balaban J connectivity index is 1.53. The average Bonchev–Trinajstić information content (AvgIpc) is 2.73. The molecule has 1 fully saturated rings. The molecule has 0 saturated carbocycles. The molecule has 1 saturated heterocycles. The molecule has 156 valence electrons. The number of carbonyl (C=O) groups excluding carboxylic acids is 1. The van der Waals surface area contributed by atoms with E-state index < -0.39 is 10.0 Å². The second-order valence-corrected chi connectivity index (χ2v) is 9.58. The van der Waals surface area contributed by atoms with Crippen molar-refractivity contribution in [2.24, 2.45) is 0 Å². The van der Waals surface area contributed by atoms with Crippen LogP contribution in [0.15, 0.2) is 53.4 Å². The SMILES string of the molecule is CC(NC(=O)NCc1ccc(S(=O)(=O)N2CCCCC2)cc1)c1ccc(Cl)cc1. The van der Waals surface area contributed by atoms with Crippen molar-refractivity contribution < 1.29 is 13.2 Å². The van der Waals surface area contributed by atoms with Gasteiger partial charge in [0.2, 0.25) is 10.0 Å². The summed E-state index contributed by atoms with van der Waals surface area (Å²) >= 11 is 5.88. The van der Waals surface area contributed by atoms with Gasteiger partial charge in [-0.1, -0.05) is 42.3 Å². The van der Waals surface area contributed by atoms with Crippen LogP contribution >= 0.6 is 11.6 Å². The van der Waals surface area contributed by atoms with Crippen LogP contribution in [0.1, 0.15) is 43.4 Å². The average molecular weight is 436 g/mol. The minimum Gasteiger partial charge on any atom is -0.334 e. The van der Waals surface area contributed by atoms with E-state index in [2.05, 4.69) is 10.6 Å². The monoisotopic (exact) mass is 435 g/mol. The number of sulfonamides is 1. The molecule has 0 aromatic heterocycles. The largest absolute Gasteiger partial charge is 0.334 e. The summed E-state index contributed by atoms with van der Waals surface area (Å²) in [6, 6.07) is 13.5. The molecule has 2 aromatic carbocycles. The van der Waals surface area contributed by atoms with Crippen LogP contribution < -0.4 is 10.6 Å². The molecule has 2 amide bonds. The van der Waals surface area contributed by atoms with Crippen molar-refractivity contribution in [3.05, 3.63) is 64.7 Å². The Bertz CT molecular complexity index is 925. The number of benzene rings is 2. The third-order valence-electron chi connectivity index (χ3n) is 5.05. The first-order chi connectivity index (χ1) is 13.9. The third kappa shape index (κ3) is 5.72. The number of amides is 2. The zero-order chi connectivity index (χ0) is 20.9. The van der Waals surface area contributed by atoms with E-state index in [1.165, 1.54) is 0 Å². The number of halogens is 1. The fraction of sp³-hybridized carbons (Fsp3) is 0.381. The lowest BCUT2D eigenvalue weighted by Crippen LogP contribution is -2.36. The number of hydrogen-bond acceptors (Lipinski definition) is 3. The molecule has 0 bridgehead atoms. The molecule has 0 radical (unpaired) electrons. The van der Waals surface area contributed by atoms with Gasteiger partial charge in [-0.3, -0.25) is 0 Å². The van der Waals surface area contributed by atoms with Crippen molar-refractivity contribution in [2.75, 3.05) is 13.1 Å². The van der Waals surface area contributed by atoms with Crippen LogP contribution in [0, 0.1) is 0 Å². The lowest BCUT2D eigenvalue weighted by atomic mass is 10.1. The summed E-state index contributed by atoms with van der Waals surface area (Å²) in [5, 5.41) is 6.31. The molecule has 0 spiro atoms. The van der Waals surface area contributed by atoms with E-state index in [0.717, 1.165) is 30.4 Å². The first kappa shape index (κ1) is 21.6. The van der Waals surface area contributed by atoms with Crippen LogP contribution in [0.3, 0.4) is 0 Å². The highest BCUT2D eigenvalue weighted by atomic mass is 35.5. The molecule has 1 aliphatic rings. The van der Waals surface area contributed by atoms with Crippen molar-refractivity contribution in [2.45, 2.75) is 43.7 Å². The molecule has 1 heterocycles. The zero-order valence-electron chi connectivity index (χ0n) is 16.4. The molecular weight excluding hydrogens is 410 g/mol. The summed E-state index contributed by atoms with van der Waals surface area (Å²) in [6.45, 7) is 3.36. The van der Waals surface area contributed by atoms with Gasteiger partial charge in [-0.25, -0.2) is 13.2 Å². The molecule has 3 rings (SSSR count). The maximum atomic E-state index is 12.7. The van der Waals surface area contributed by atoms with Gasteiger partial charge in [-0.05, 0) is 55.2 Å². The zero-order valence-corrected chi connectivity index (χ0v) is 18.0. The fourth-order valence-corrected chi connectivity index (χ4v) is 4.94. The van der Waals surface area contributed by atoms with E-state index in [9.17, 15) is 13.2 Å². The van der Waals surface area contributed by atoms with E-state index in [4.69, 9.17) is 11.6 Å².